The van der Waals surface area contributed by atoms with Crippen molar-refractivity contribution < 1.29 is 19.1 Å². The highest BCUT2D eigenvalue weighted by Gasteiger charge is 2.16. The first-order valence-electron chi connectivity index (χ1n) is 8.67. The summed E-state index contributed by atoms with van der Waals surface area (Å²) in [5.41, 5.74) is 2.55. The Morgan fingerprint density at radius 2 is 2.07 bits per heavy atom. The van der Waals surface area contributed by atoms with E-state index in [0.29, 0.717) is 10.6 Å². The zero-order chi connectivity index (χ0) is 20.1. The number of rotatable bonds is 7. The van der Waals surface area contributed by atoms with E-state index >= 15 is 0 Å². The summed E-state index contributed by atoms with van der Waals surface area (Å²) in [6.45, 7) is 1.24. The maximum Gasteiger partial charge on any atom is 0.325 e. The van der Waals surface area contributed by atoms with Crippen LogP contribution in [0.5, 0.6) is 0 Å². The second-order valence-electron chi connectivity index (χ2n) is 6.02. The molecule has 3 rings (SSSR count). The first kappa shape index (κ1) is 19.6. The molecule has 1 amide bonds. The van der Waals surface area contributed by atoms with E-state index in [1.165, 1.54) is 18.3 Å². The summed E-state index contributed by atoms with van der Waals surface area (Å²) in [5.74, 6) is -1.61. The van der Waals surface area contributed by atoms with Gasteiger partial charge in [0.05, 0.1) is 0 Å². The van der Waals surface area contributed by atoms with Gasteiger partial charge in [-0.25, -0.2) is 0 Å². The van der Waals surface area contributed by atoms with Crippen LogP contribution in [0.2, 0.25) is 5.02 Å². The van der Waals surface area contributed by atoms with Gasteiger partial charge in [0.15, 0.2) is 6.61 Å². The van der Waals surface area contributed by atoms with Gasteiger partial charge in [0.1, 0.15) is 12.2 Å². The van der Waals surface area contributed by atoms with E-state index in [9.17, 15) is 14.4 Å². The third-order valence-corrected chi connectivity index (χ3v) is 4.43. The van der Waals surface area contributed by atoms with Crippen LogP contribution in [0.15, 0.2) is 42.7 Å². The van der Waals surface area contributed by atoms with Gasteiger partial charge in [0.25, 0.3) is 5.91 Å². The Morgan fingerprint density at radius 3 is 2.82 bits per heavy atom. The first-order chi connectivity index (χ1) is 13.5. The van der Waals surface area contributed by atoms with Gasteiger partial charge >= 0.3 is 5.97 Å². The molecule has 0 radical (unpaired) electrons. The second-order valence-corrected chi connectivity index (χ2v) is 6.46. The summed E-state index contributed by atoms with van der Waals surface area (Å²) in [5, 5.41) is 3.53. The van der Waals surface area contributed by atoms with Crippen LogP contribution >= 0.6 is 11.6 Å². The number of carbonyl (C=O) groups is 3. The van der Waals surface area contributed by atoms with Crippen molar-refractivity contribution in [3.05, 3.63) is 64.6 Å². The lowest BCUT2D eigenvalue weighted by Gasteiger charge is -2.06. The van der Waals surface area contributed by atoms with Crippen LogP contribution < -0.4 is 5.32 Å². The quantitative estimate of drug-likeness (QED) is 0.470. The first-order valence-corrected chi connectivity index (χ1v) is 9.05. The summed E-state index contributed by atoms with van der Waals surface area (Å²) in [4.78, 5) is 43.1. The molecule has 28 heavy (non-hydrogen) atoms. The van der Waals surface area contributed by atoms with Crippen LogP contribution in [-0.4, -0.2) is 40.8 Å². The van der Waals surface area contributed by atoms with E-state index in [4.69, 9.17) is 16.3 Å². The zero-order valence-electron chi connectivity index (χ0n) is 15.1. The van der Waals surface area contributed by atoms with Crippen molar-refractivity contribution in [2.75, 3.05) is 13.2 Å². The number of hydrogen-bond donors (Lipinski definition) is 2. The molecule has 0 bridgehead atoms. The molecule has 7 nitrogen and oxygen atoms in total. The molecule has 0 aliphatic carbocycles. The van der Waals surface area contributed by atoms with Crippen molar-refractivity contribution >= 4 is 40.2 Å². The Kier molecular flexibility index (Phi) is 6.06. The summed E-state index contributed by atoms with van der Waals surface area (Å²) in [6.07, 6.45) is 3.84. The molecule has 0 fully saturated rings. The van der Waals surface area contributed by atoms with E-state index < -0.39 is 18.5 Å². The standard InChI is InChI=1S/C20H18ClN3O4/c1-2-12-4-3-5-14-15(9-23-19(12)14)17(25)11-28-18(26)10-24-20(27)16-8-13(21)6-7-22-16/h3-9,23H,2,10-11H2,1H3,(H,24,27). The predicted octanol–water partition coefficient (Wildman–Crippen LogP) is 2.93. The third-order valence-electron chi connectivity index (χ3n) is 4.20. The van der Waals surface area contributed by atoms with Crippen LogP contribution in [0.3, 0.4) is 0 Å². The molecular weight excluding hydrogens is 382 g/mol. The number of ketones is 1. The van der Waals surface area contributed by atoms with Crippen molar-refractivity contribution in [2.45, 2.75) is 13.3 Å². The molecule has 0 spiro atoms. The summed E-state index contributed by atoms with van der Waals surface area (Å²) >= 11 is 5.79. The van der Waals surface area contributed by atoms with Gasteiger partial charge in [-0.3, -0.25) is 19.4 Å². The number of carbonyl (C=O) groups excluding carboxylic acids is 3. The molecular formula is C20H18ClN3O4. The lowest BCUT2D eigenvalue weighted by molar-refractivity contribution is -0.141. The number of para-hydroxylation sites is 1. The number of aromatic amines is 1. The fourth-order valence-electron chi connectivity index (χ4n) is 2.79. The number of aromatic nitrogens is 2. The molecule has 3 aromatic rings. The maximum absolute atomic E-state index is 12.4. The third kappa shape index (κ3) is 4.37. The molecule has 0 atom stereocenters. The van der Waals surface area contributed by atoms with Crippen molar-refractivity contribution in [3.63, 3.8) is 0 Å². The van der Waals surface area contributed by atoms with Gasteiger partial charge in [-0.05, 0) is 24.1 Å². The SMILES string of the molecule is CCc1cccc2c(C(=O)COC(=O)CNC(=O)c3cc(Cl)ccn3)c[nH]c12. The Hall–Kier alpha value is -3.19. The largest absolute Gasteiger partial charge is 0.456 e. The van der Waals surface area contributed by atoms with E-state index in [2.05, 4.69) is 15.3 Å². The molecule has 0 aliphatic heterocycles. The van der Waals surface area contributed by atoms with Gasteiger partial charge in [0.2, 0.25) is 5.78 Å². The number of amides is 1. The average molecular weight is 400 g/mol. The number of halogens is 1. The number of Topliss-reactive ketones (excluding diaryl/α,β-unsaturated/α-hetero) is 1. The van der Waals surface area contributed by atoms with Crippen LogP contribution in [-0.2, 0) is 16.0 Å². The maximum atomic E-state index is 12.4. The predicted molar refractivity (Wildman–Crippen MR) is 105 cm³/mol. The molecule has 2 N–H and O–H groups in total. The Labute approximate surface area is 166 Å². The summed E-state index contributed by atoms with van der Waals surface area (Å²) in [6, 6.07) is 8.64. The Balaban J connectivity index is 1.55. The average Bonchev–Trinajstić information content (AvgIpc) is 3.14. The topological polar surface area (TPSA) is 101 Å². The van der Waals surface area contributed by atoms with Crippen LogP contribution in [0.4, 0.5) is 0 Å². The van der Waals surface area contributed by atoms with Crippen molar-refractivity contribution in [3.8, 4) is 0 Å². The van der Waals surface area contributed by atoms with Gasteiger partial charge in [0, 0.05) is 33.9 Å². The number of ether oxygens (including phenoxy) is 1. The highest BCUT2D eigenvalue weighted by molar-refractivity contribution is 6.30. The molecule has 0 saturated heterocycles. The van der Waals surface area contributed by atoms with Crippen molar-refractivity contribution in [1.82, 2.24) is 15.3 Å². The number of aryl methyl sites for hydroxylation is 1. The number of H-pyrrole nitrogens is 1. The van der Waals surface area contributed by atoms with Gasteiger partial charge in [-0.1, -0.05) is 36.7 Å². The van der Waals surface area contributed by atoms with Crippen LogP contribution in [0.25, 0.3) is 10.9 Å². The molecule has 1 aromatic carbocycles. The number of fused-ring (bicyclic) bond motifs is 1. The van der Waals surface area contributed by atoms with Gasteiger partial charge < -0.3 is 15.0 Å². The molecule has 0 unspecified atom stereocenters. The minimum Gasteiger partial charge on any atom is -0.456 e. The smallest absolute Gasteiger partial charge is 0.325 e. The van der Waals surface area contributed by atoms with Crippen molar-refractivity contribution in [2.24, 2.45) is 0 Å². The number of pyridine rings is 1. The zero-order valence-corrected chi connectivity index (χ0v) is 15.9. The lowest BCUT2D eigenvalue weighted by Crippen LogP contribution is -2.32. The molecule has 2 aromatic heterocycles. The molecule has 0 aliphatic rings. The van der Waals surface area contributed by atoms with E-state index in [1.807, 2.05) is 25.1 Å². The second kappa shape index (κ2) is 8.67. The highest BCUT2D eigenvalue weighted by atomic mass is 35.5. The normalized spacial score (nSPS) is 10.6. The number of esters is 1. The number of hydrogen-bond acceptors (Lipinski definition) is 5. The van der Waals surface area contributed by atoms with E-state index in [-0.39, 0.29) is 18.0 Å². The monoisotopic (exact) mass is 399 g/mol. The van der Waals surface area contributed by atoms with Gasteiger partial charge in [-0.15, -0.1) is 0 Å². The lowest BCUT2D eigenvalue weighted by atomic mass is 10.1. The van der Waals surface area contributed by atoms with Crippen molar-refractivity contribution in [1.29, 1.82) is 0 Å². The van der Waals surface area contributed by atoms with Gasteiger partial charge in [-0.2, -0.15) is 0 Å². The number of nitrogens with zero attached hydrogens (tertiary/aromatic N) is 1. The van der Waals surface area contributed by atoms with E-state index in [1.54, 1.807) is 6.20 Å². The highest BCUT2D eigenvalue weighted by Crippen LogP contribution is 2.22. The van der Waals surface area contributed by atoms with E-state index in [0.717, 1.165) is 22.9 Å². The fraction of sp³-hybridized carbons (Fsp3) is 0.200. The molecule has 144 valence electrons. The molecule has 0 saturated carbocycles. The summed E-state index contributed by atoms with van der Waals surface area (Å²) < 4.78 is 4.98. The molecule has 8 heteroatoms. The van der Waals surface area contributed by atoms with Crippen LogP contribution in [0.1, 0.15) is 33.3 Å². The minimum absolute atomic E-state index is 0.0851. The number of benzene rings is 1. The number of nitrogens with one attached hydrogen (secondary N) is 2. The molecule has 2 heterocycles. The Morgan fingerprint density at radius 1 is 1.25 bits per heavy atom. The Bertz CT molecular complexity index is 1040. The summed E-state index contributed by atoms with van der Waals surface area (Å²) in [7, 11) is 0. The van der Waals surface area contributed by atoms with Crippen LogP contribution in [0, 0.1) is 0 Å². The fourth-order valence-corrected chi connectivity index (χ4v) is 2.95. The minimum atomic E-state index is -0.724.